The third-order valence-corrected chi connectivity index (χ3v) is 3.70. The largest absolute Gasteiger partial charge is 0.389 e. The van der Waals surface area contributed by atoms with Gasteiger partial charge in [0.15, 0.2) is 0 Å². The highest BCUT2D eigenvalue weighted by Crippen LogP contribution is 2.27. The van der Waals surface area contributed by atoms with Crippen LogP contribution >= 0.6 is 0 Å². The molecule has 0 aliphatic carbocycles. The van der Waals surface area contributed by atoms with Gasteiger partial charge in [-0.2, -0.15) is 0 Å². The summed E-state index contributed by atoms with van der Waals surface area (Å²) >= 11 is 0. The molecule has 1 atom stereocenters. The number of rotatable bonds is 10. The van der Waals surface area contributed by atoms with E-state index in [-0.39, 0.29) is 5.91 Å². The Balaban J connectivity index is 4.77. The molecule has 0 heterocycles. The molecular weight excluding hydrogens is 250 g/mol. The van der Waals surface area contributed by atoms with Gasteiger partial charge >= 0.3 is 0 Å². The third-order valence-electron chi connectivity index (χ3n) is 3.70. The molecule has 1 N–H and O–H groups in total. The second-order valence-electron chi connectivity index (χ2n) is 6.45. The Morgan fingerprint density at radius 2 is 1.65 bits per heavy atom. The first-order valence-electron chi connectivity index (χ1n) is 7.89. The molecule has 0 aliphatic heterocycles. The molecule has 0 saturated heterocycles. The van der Waals surface area contributed by atoms with Gasteiger partial charge in [-0.1, -0.05) is 52.7 Å². The quantitative estimate of drug-likeness (QED) is 0.620. The Hall–Kier alpha value is -0.830. The van der Waals surface area contributed by atoms with Gasteiger partial charge in [-0.25, -0.2) is 0 Å². The second kappa shape index (κ2) is 9.17. The molecule has 0 fully saturated rings. The Kier molecular flexibility index (Phi) is 8.79. The van der Waals surface area contributed by atoms with Crippen molar-refractivity contribution in [2.45, 2.75) is 72.8 Å². The van der Waals surface area contributed by atoms with Crippen LogP contribution in [0.2, 0.25) is 0 Å². The van der Waals surface area contributed by atoms with E-state index in [4.69, 9.17) is 0 Å². The van der Waals surface area contributed by atoms with E-state index in [1.807, 2.05) is 18.7 Å². The van der Waals surface area contributed by atoms with E-state index in [0.717, 1.165) is 44.3 Å². The molecule has 0 rings (SSSR count). The third kappa shape index (κ3) is 6.56. The van der Waals surface area contributed by atoms with Crippen LogP contribution < -0.4 is 0 Å². The van der Waals surface area contributed by atoms with Gasteiger partial charge in [0.25, 0.3) is 0 Å². The van der Waals surface area contributed by atoms with Crippen LogP contribution in [0, 0.1) is 5.41 Å². The number of aliphatic hydroxyl groups excluding tert-OH is 1. The lowest BCUT2D eigenvalue weighted by Gasteiger charge is -2.33. The topological polar surface area (TPSA) is 40.5 Å². The standard InChI is InChI=1S/C17H33NO2/c1-7-9-11-18(12-10-8-2)16(20)17(5,6)13-15(19)14(3)4/h15,19H,3,7-13H2,1-2,4-6H3. The van der Waals surface area contributed by atoms with Crippen molar-refractivity contribution in [3.63, 3.8) is 0 Å². The highest BCUT2D eigenvalue weighted by Gasteiger charge is 2.33. The first kappa shape index (κ1) is 19.2. The molecule has 0 saturated carbocycles. The van der Waals surface area contributed by atoms with Gasteiger partial charge in [0.2, 0.25) is 5.91 Å². The Morgan fingerprint density at radius 1 is 1.20 bits per heavy atom. The summed E-state index contributed by atoms with van der Waals surface area (Å²) in [5, 5.41) is 9.97. The Labute approximate surface area is 125 Å². The minimum atomic E-state index is -0.604. The maximum atomic E-state index is 12.7. The van der Waals surface area contributed by atoms with Gasteiger partial charge in [0.05, 0.1) is 6.10 Å². The van der Waals surface area contributed by atoms with Crippen LogP contribution in [0.3, 0.4) is 0 Å². The summed E-state index contributed by atoms with van der Waals surface area (Å²) < 4.78 is 0. The minimum Gasteiger partial charge on any atom is -0.389 e. The average Bonchev–Trinajstić information content (AvgIpc) is 2.37. The smallest absolute Gasteiger partial charge is 0.228 e. The number of aliphatic hydroxyl groups is 1. The maximum Gasteiger partial charge on any atom is 0.228 e. The first-order chi connectivity index (χ1) is 9.26. The monoisotopic (exact) mass is 283 g/mol. The predicted molar refractivity (Wildman–Crippen MR) is 85.6 cm³/mol. The van der Waals surface area contributed by atoms with E-state index in [1.54, 1.807) is 6.92 Å². The predicted octanol–water partition coefficient (Wildman–Crippen LogP) is 3.77. The fraction of sp³-hybridized carbons (Fsp3) is 0.824. The van der Waals surface area contributed by atoms with Crippen molar-refractivity contribution in [3.8, 4) is 0 Å². The molecule has 118 valence electrons. The molecule has 0 aromatic heterocycles. The van der Waals surface area contributed by atoms with Gasteiger partial charge in [0.1, 0.15) is 0 Å². The fourth-order valence-electron chi connectivity index (χ4n) is 2.19. The van der Waals surface area contributed by atoms with Gasteiger partial charge in [-0.3, -0.25) is 4.79 Å². The van der Waals surface area contributed by atoms with E-state index in [0.29, 0.717) is 6.42 Å². The highest BCUT2D eigenvalue weighted by atomic mass is 16.3. The molecular formula is C17H33NO2. The van der Waals surface area contributed by atoms with Crippen molar-refractivity contribution in [3.05, 3.63) is 12.2 Å². The van der Waals surface area contributed by atoms with Crippen LogP contribution in [0.25, 0.3) is 0 Å². The van der Waals surface area contributed by atoms with Gasteiger partial charge < -0.3 is 10.0 Å². The van der Waals surface area contributed by atoms with Crippen molar-refractivity contribution in [1.82, 2.24) is 4.90 Å². The molecule has 0 bridgehead atoms. The Morgan fingerprint density at radius 3 is 2.00 bits per heavy atom. The summed E-state index contributed by atoms with van der Waals surface area (Å²) in [5.41, 5.74) is 0.180. The van der Waals surface area contributed by atoms with E-state index >= 15 is 0 Å². The zero-order chi connectivity index (χ0) is 15.8. The molecule has 20 heavy (non-hydrogen) atoms. The number of hydrogen-bond acceptors (Lipinski definition) is 2. The molecule has 0 aromatic rings. The summed E-state index contributed by atoms with van der Waals surface area (Å²) in [4.78, 5) is 14.7. The van der Waals surface area contributed by atoms with Crippen LogP contribution in [-0.2, 0) is 4.79 Å². The molecule has 0 aromatic carbocycles. The van der Waals surface area contributed by atoms with Crippen LogP contribution in [0.5, 0.6) is 0 Å². The maximum absolute atomic E-state index is 12.7. The molecule has 0 spiro atoms. The van der Waals surface area contributed by atoms with E-state index < -0.39 is 11.5 Å². The van der Waals surface area contributed by atoms with Gasteiger partial charge in [-0.05, 0) is 26.2 Å². The second-order valence-corrected chi connectivity index (χ2v) is 6.45. The molecule has 0 aliphatic rings. The Bertz CT molecular complexity index is 302. The fourth-order valence-corrected chi connectivity index (χ4v) is 2.19. The molecule has 1 unspecified atom stereocenters. The van der Waals surface area contributed by atoms with Gasteiger partial charge in [-0.15, -0.1) is 0 Å². The zero-order valence-electron chi connectivity index (χ0n) is 14.0. The van der Waals surface area contributed by atoms with Crippen molar-refractivity contribution in [2.75, 3.05) is 13.1 Å². The average molecular weight is 283 g/mol. The minimum absolute atomic E-state index is 0.153. The lowest BCUT2D eigenvalue weighted by molar-refractivity contribution is -0.142. The van der Waals surface area contributed by atoms with E-state index in [9.17, 15) is 9.90 Å². The number of amides is 1. The first-order valence-corrected chi connectivity index (χ1v) is 7.89. The van der Waals surface area contributed by atoms with Crippen LogP contribution in [-0.4, -0.2) is 35.1 Å². The van der Waals surface area contributed by atoms with Crippen molar-refractivity contribution in [1.29, 1.82) is 0 Å². The number of unbranched alkanes of at least 4 members (excludes halogenated alkanes) is 2. The van der Waals surface area contributed by atoms with Crippen LogP contribution in [0.4, 0.5) is 0 Å². The summed E-state index contributed by atoms with van der Waals surface area (Å²) in [7, 11) is 0. The van der Waals surface area contributed by atoms with Crippen LogP contribution in [0.15, 0.2) is 12.2 Å². The van der Waals surface area contributed by atoms with E-state index in [1.165, 1.54) is 0 Å². The lowest BCUT2D eigenvalue weighted by Crippen LogP contribution is -2.43. The summed E-state index contributed by atoms with van der Waals surface area (Å²) in [6.45, 7) is 15.3. The zero-order valence-corrected chi connectivity index (χ0v) is 14.0. The van der Waals surface area contributed by atoms with Crippen molar-refractivity contribution < 1.29 is 9.90 Å². The van der Waals surface area contributed by atoms with Crippen molar-refractivity contribution in [2.24, 2.45) is 5.41 Å². The number of hydrogen-bond donors (Lipinski definition) is 1. The molecule has 3 heteroatoms. The normalized spacial score (nSPS) is 13.1. The van der Waals surface area contributed by atoms with Crippen LogP contribution in [0.1, 0.15) is 66.7 Å². The van der Waals surface area contributed by atoms with E-state index in [2.05, 4.69) is 20.4 Å². The molecule has 0 radical (unpaired) electrons. The SMILES string of the molecule is C=C(C)C(O)CC(C)(C)C(=O)N(CCCC)CCCC. The van der Waals surface area contributed by atoms with Gasteiger partial charge in [0, 0.05) is 18.5 Å². The summed E-state index contributed by atoms with van der Waals surface area (Å²) in [5.74, 6) is 0.153. The number of nitrogens with zero attached hydrogens (tertiary/aromatic N) is 1. The molecule has 1 amide bonds. The number of carbonyl (C=O) groups is 1. The summed E-state index contributed by atoms with van der Waals surface area (Å²) in [6, 6.07) is 0. The number of carbonyl (C=O) groups excluding carboxylic acids is 1. The molecule has 3 nitrogen and oxygen atoms in total. The highest BCUT2D eigenvalue weighted by molar-refractivity contribution is 5.82. The summed E-state index contributed by atoms with van der Waals surface area (Å²) in [6.07, 6.45) is 4.09. The lowest BCUT2D eigenvalue weighted by atomic mass is 9.83. The van der Waals surface area contributed by atoms with Crippen molar-refractivity contribution >= 4 is 5.91 Å².